The van der Waals surface area contributed by atoms with Crippen molar-refractivity contribution in [1.29, 1.82) is 0 Å². The molecule has 1 aromatic carbocycles. The van der Waals surface area contributed by atoms with Crippen molar-refractivity contribution in [1.82, 2.24) is 4.31 Å². The summed E-state index contributed by atoms with van der Waals surface area (Å²) >= 11 is 0. The Labute approximate surface area is 115 Å². The van der Waals surface area contributed by atoms with Gasteiger partial charge in [-0.1, -0.05) is 42.5 Å². The second-order valence-corrected chi connectivity index (χ2v) is 6.16. The Morgan fingerprint density at radius 2 is 1.95 bits per heavy atom. The van der Waals surface area contributed by atoms with Crippen molar-refractivity contribution >= 4 is 17.1 Å². The van der Waals surface area contributed by atoms with Gasteiger partial charge in [0.2, 0.25) is 0 Å². The molecule has 2 rings (SSSR count). The summed E-state index contributed by atoms with van der Waals surface area (Å²) in [6.07, 6.45) is 3.20. The summed E-state index contributed by atoms with van der Waals surface area (Å²) in [5, 5.41) is -0.166. The number of carbonyl (C=O) groups is 1. The molecule has 0 spiro atoms. The van der Waals surface area contributed by atoms with Gasteiger partial charge in [0.05, 0.1) is 11.3 Å². The van der Waals surface area contributed by atoms with Crippen molar-refractivity contribution in [2.75, 3.05) is 0 Å². The molecule has 0 saturated heterocycles. The third-order valence-electron chi connectivity index (χ3n) is 2.93. The van der Waals surface area contributed by atoms with Crippen molar-refractivity contribution in [3.63, 3.8) is 0 Å². The Balaban J connectivity index is 2.00. The maximum Gasteiger partial charge on any atom is 0.422 e. The summed E-state index contributed by atoms with van der Waals surface area (Å²) in [5.41, 5.74) is 0.912. The van der Waals surface area contributed by atoms with Crippen LogP contribution in [0.2, 0.25) is 0 Å². The van der Waals surface area contributed by atoms with E-state index in [1.807, 2.05) is 56.3 Å². The van der Waals surface area contributed by atoms with Crippen LogP contribution in [-0.4, -0.2) is 25.9 Å². The molecule has 4 nitrogen and oxygen atoms in total. The molecule has 1 aliphatic rings. The van der Waals surface area contributed by atoms with Gasteiger partial charge in [-0.2, -0.15) is 0 Å². The van der Waals surface area contributed by atoms with Crippen LogP contribution in [0.25, 0.3) is 0 Å². The van der Waals surface area contributed by atoms with E-state index in [0.717, 1.165) is 5.56 Å². The van der Waals surface area contributed by atoms with Crippen LogP contribution < -0.4 is 0 Å². The molecule has 0 fully saturated rings. The van der Waals surface area contributed by atoms with E-state index in [2.05, 4.69) is 0 Å². The molecule has 0 saturated carbocycles. The molecular weight excluding hydrogens is 262 g/mol. The van der Waals surface area contributed by atoms with Crippen LogP contribution >= 0.6 is 0 Å². The van der Waals surface area contributed by atoms with Gasteiger partial charge in [0.1, 0.15) is 17.6 Å². The SMILES string of the molecule is C[C@@H]1C=C[C@H](C)S(=O)N1C(=O)OCc1ccccc1. The predicted molar refractivity (Wildman–Crippen MR) is 74.7 cm³/mol. The topological polar surface area (TPSA) is 46.6 Å². The van der Waals surface area contributed by atoms with Gasteiger partial charge < -0.3 is 4.74 Å². The fourth-order valence-corrected chi connectivity index (χ4v) is 3.01. The summed E-state index contributed by atoms with van der Waals surface area (Å²) in [7, 11) is -1.37. The molecule has 1 amide bonds. The van der Waals surface area contributed by atoms with Crippen LogP contribution in [0, 0.1) is 0 Å². The van der Waals surface area contributed by atoms with Gasteiger partial charge >= 0.3 is 6.09 Å². The van der Waals surface area contributed by atoms with Gasteiger partial charge in [-0.05, 0) is 19.4 Å². The lowest BCUT2D eigenvalue weighted by atomic mass is 10.2. The van der Waals surface area contributed by atoms with E-state index in [1.54, 1.807) is 0 Å². The number of rotatable bonds is 2. The lowest BCUT2D eigenvalue weighted by Gasteiger charge is -2.30. The second kappa shape index (κ2) is 6.02. The van der Waals surface area contributed by atoms with Gasteiger partial charge in [-0.25, -0.2) is 13.3 Å². The minimum atomic E-state index is -1.37. The largest absolute Gasteiger partial charge is 0.444 e. The number of benzene rings is 1. The molecule has 1 aromatic rings. The van der Waals surface area contributed by atoms with Crippen molar-refractivity contribution in [3.05, 3.63) is 48.0 Å². The lowest BCUT2D eigenvalue weighted by Crippen LogP contribution is -2.44. The van der Waals surface area contributed by atoms with E-state index < -0.39 is 17.1 Å². The Morgan fingerprint density at radius 1 is 1.26 bits per heavy atom. The van der Waals surface area contributed by atoms with Gasteiger partial charge in [-0.3, -0.25) is 0 Å². The minimum absolute atomic E-state index is 0.166. The Bertz CT molecular complexity index is 501. The maximum atomic E-state index is 12.1. The first-order chi connectivity index (χ1) is 9.09. The quantitative estimate of drug-likeness (QED) is 0.782. The normalized spacial score (nSPS) is 26.2. The number of nitrogens with zero attached hydrogens (tertiary/aromatic N) is 1. The average molecular weight is 279 g/mol. The molecule has 19 heavy (non-hydrogen) atoms. The Morgan fingerprint density at radius 3 is 2.63 bits per heavy atom. The van der Waals surface area contributed by atoms with Crippen molar-refractivity contribution in [2.45, 2.75) is 31.7 Å². The number of carbonyl (C=O) groups excluding carboxylic acids is 1. The zero-order valence-corrected chi connectivity index (χ0v) is 11.8. The minimum Gasteiger partial charge on any atom is -0.444 e. The highest BCUT2D eigenvalue weighted by atomic mass is 32.2. The molecule has 1 heterocycles. The van der Waals surface area contributed by atoms with Crippen LogP contribution in [0.4, 0.5) is 4.79 Å². The molecule has 0 N–H and O–H groups in total. The first kappa shape index (κ1) is 13.8. The molecule has 0 radical (unpaired) electrons. The summed E-state index contributed by atoms with van der Waals surface area (Å²) in [4.78, 5) is 12.0. The standard InChI is InChI=1S/C14H17NO3S/c1-11-8-9-12(2)19(17)15(11)14(16)18-10-13-6-4-3-5-7-13/h3-9,11-12H,10H2,1-2H3/t11-,12+,19?/m1/s1. The van der Waals surface area contributed by atoms with E-state index in [0.29, 0.717) is 0 Å². The zero-order valence-electron chi connectivity index (χ0n) is 11.0. The van der Waals surface area contributed by atoms with Gasteiger partial charge in [0.25, 0.3) is 0 Å². The van der Waals surface area contributed by atoms with Crippen molar-refractivity contribution < 1.29 is 13.7 Å². The van der Waals surface area contributed by atoms with Crippen LogP contribution in [0.15, 0.2) is 42.5 Å². The summed E-state index contributed by atoms with van der Waals surface area (Å²) in [5.74, 6) is 0. The summed E-state index contributed by atoms with van der Waals surface area (Å²) in [6, 6.07) is 9.23. The Kier molecular flexibility index (Phi) is 4.37. The first-order valence-electron chi connectivity index (χ1n) is 6.18. The zero-order chi connectivity index (χ0) is 13.8. The second-order valence-electron chi connectivity index (χ2n) is 4.47. The smallest absolute Gasteiger partial charge is 0.422 e. The van der Waals surface area contributed by atoms with E-state index in [4.69, 9.17) is 4.74 Å². The monoisotopic (exact) mass is 279 g/mol. The molecule has 0 aliphatic carbocycles. The third kappa shape index (κ3) is 3.23. The highest BCUT2D eigenvalue weighted by Gasteiger charge is 2.31. The van der Waals surface area contributed by atoms with Gasteiger partial charge in [0, 0.05) is 0 Å². The number of hydrogen-bond donors (Lipinski definition) is 0. The lowest BCUT2D eigenvalue weighted by molar-refractivity contribution is 0.116. The van der Waals surface area contributed by atoms with E-state index >= 15 is 0 Å². The number of amides is 1. The van der Waals surface area contributed by atoms with E-state index in [9.17, 15) is 9.00 Å². The summed E-state index contributed by atoms with van der Waals surface area (Å²) < 4.78 is 18.6. The van der Waals surface area contributed by atoms with E-state index in [-0.39, 0.29) is 17.9 Å². The van der Waals surface area contributed by atoms with Crippen LogP contribution in [0.5, 0.6) is 0 Å². The highest BCUT2D eigenvalue weighted by molar-refractivity contribution is 7.84. The van der Waals surface area contributed by atoms with Crippen LogP contribution in [0.1, 0.15) is 19.4 Å². The Hall–Kier alpha value is -1.62. The van der Waals surface area contributed by atoms with Gasteiger partial charge in [0.15, 0.2) is 0 Å². The fraction of sp³-hybridized carbons (Fsp3) is 0.357. The highest BCUT2D eigenvalue weighted by Crippen LogP contribution is 2.18. The molecule has 5 heteroatoms. The third-order valence-corrected chi connectivity index (χ3v) is 4.59. The molecule has 3 atom stereocenters. The summed E-state index contributed by atoms with van der Waals surface area (Å²) in [6.45, 7) is 3.83. The van der Waals surface area contributed by atoms with E-state index in [1.165, 1.54) is 4.31 Å². The molecule has 0 bridgehead atoms. The van der Waals surface area contributed by atoms with Gasteiger partial charge in [-0.15, -0.1) is 0 Å². The fourth-order valence-electron chi connectivity index (χ4n) is 1.83. The molecule has 1 unspecified atom stereocenters. The molecular formula is C14H17NO3S. The van der Waals surface area contributed by atoms with Crippen molar-refractivity contribution in [3.8, 4) is 0 Å². The number of ether oxygens (including phenoxy) is 1. The maximum absolute atomic E-state index is 12.1. The van der Waals surface area contributed by atoms with Crippen LogP contribution in [-0.2, 0) is 22.3 Å². The molecule has 0 aromatic heterocycles. The average Bonchev–Trinajstić information content (AvgIpc) is 2.42. The molecule has 1 aliphatic heterocycles. The molecule has 102 valence electrons. The van der Waals surface area contributed by atoms with Crippen molar-refractivity contribution in [2.24, 2.45) is 0 Å². The van der Waals surface area contributed by atoms with Crippen LogP contribution in [0.3, 0.4) is 0 Å². The first-order valence-corrected chi connectivity index (χ1v) is 7.35. The number of hydrogen-bond acceptors (Lipinski definition) is 3. The predicted octanol–water partition coefficient (Wildman–Crippen LogP) is 2.64.